The highest BCUT2D eigenvalue weighted by Gasteiger charge is 2.33. The molecular formula is C49H62N6O7. The third-order valence-corrected chi connectivity index (χ3v) is 10.3. The summed E-state index contributed by atoms with van der Waals surface area (Å²) < 4.78 is 5.01. The zero-order chi connectivity index (χ0) is 45.2. The Morgan fingerprint density at radius 2 is 0.839 bits per heavy atom. The molecule has 0 saturated heterocycles. The van der Waals surface area contributed by atoms with E-state index >= 15 is 0 Å². The lowest BCUT2D eigenvalue weighted by Crippen LogP contribution is -2.60. The number of nitrogens with one attached hydrogen (secondary N) is 6. The fourth-order valence-electron chi connectivity index (χ4n) is 6.94. The van der Waals surface area contributed by atoms with Crippen LogP contribution in [-0.2, 0) is 48.0 Å². The Bertz CT molecular complexity index is 2100. The van der Waals surface area contributed by atoms with Gasteiger partial charge in [-0.3, -0.25) is 19.2 Å². The van der Waals surface area contributed by atoms with Crippen LogP contribution in [-0.4, -0.2) is 72.9 Å². The van der Waals surface area contributed by atoms with Crippen molar-refractivity contribution in [3.05, 3.63) is 137 Å². The van der Waals surface area contributed by atoms with Crippen molar-refractivity contribution in [3.8, 4) is 0 Å². The third kappa shape index (κ3) is 15.8. The summed E-state index contributed by atoms with van der Waals surface area (Å²) in [5.74, 6) is -3.12. The number of ether oxygens (including phenoxy) is 1. The molecule has 0 aliphatic rings. The molecule has 4 aromatic carbocycles. The molecule has 0 unspecified atom stereocenters. The quantitative estimate of drug-likeness (QED) is 0.0580. The summed E-state index contributed by atoms with van der Waals surface area (Å²) in [6.45, 7) is 11.5. The summed E-state index contributed by atoms with van der Waals surface area (Å²) in [5.41, 5.74) is 4.98. The lowest BCUT2D eigenvalue weighted by Gasteiger charge is -2.28. The highest BCUT2D eigenvalue weighted by Crippen LogP contribution is 2.16. The van der Waals surface area contributed by atoms with E-state index in [0.717, 1.165) is 27.8 Å². The van der Waals surface area contributed by atoms with Crippen LogP contribution < -0.4 is 31.9 Å². The number of benzene rings is 4. The number of aryl methyl sites for hydroxylation is 2. The van der Waals surface area contributed by atoms with Crippen molar-refractivity contribution in [2.45, 2.75) is 104 Å². The molecule has 0 aromatic heterocycles. The lowest BCUT2D eigenvalue weighted by atomic mass is 9.98. The molecular weight excluding hydrogens is 785 g/mol. The second-order valence-electron chi connectivity index (χ2n) is 16.5. The first-order valence-electron chi connectivity index (χ1n) is 21.2. The van der Waals surface area contributed by atoms with Crippen LogP contribution in [0, 0.1) is 25.7 Å². The fourth-order valence-corrected chi connectivity index (χ4v) is 6.94. The van der Waals surface area contributed by atoms with Crippen molar-refractivity contribution in [1.82, 2.24) is 26.6 Å². The second-order valence-corrected chi connectivity index (χ2v) is 16.5. The lowest BCUT2D eigenvalue weighted by molar-refractivity contribution is -0.145. The Morgan fingerprint density at radius 1 is 0.468 bits per heavy atom. The van der Waals surface area contributed by atoms with E-state index in [2.05, 4.69) is 31.9 Å². The number of carbonyl (C=O) groups excluding carboxylic acids is 6. The number of rotatable bonds is 21. The Balaban J connectivity index is 1.56. The molecule has 0 saturated carbocycles. The molecule has 13 nitrogen and oxygen atoms in total. The molecule has 4 aromatic rings. The summed E-state index contributed by atoms with van der Waals surface area (Å²) >= 11 is 0. The summed E-state index contributed by atoms with van der Waals surface area (Å²) in [6, 6.07) is 27.1. The van der Waals surface area contributed by atoms with E-state index in [1.54, 1.807) is 6.07 Å². The highest BCUT2D eigenvalue weighted by molar-refractivity contribution is 5.97. The predicted molar refractivity (Wildman–Crippen MR) is 241 cm³/mol. The van der Waals surface area contributed by atoms with Crippen molar-refractivity contribution in [2.24, 2.45) is 11.8 Å². The summed E-state index contributed by atoms with van der Waals surface area (Å²) in [7, 11) is 1.25. The van der Waals surface area contributed by atoms with Gasteiger partial charge >= 0.3 is 12.0 Å². The van der Waals surface area contributed by atoms with Crippen LogP contribution in [0.1, 0.15) is 68.4 Å². The SMILES string of the molecule is COC(=O)[C@H](Cc1ccccc1)NC(=O)[C@H](CC(C)C)NC(=O)[C@H](Cc1ccccc1)NC(=O)[C@H](CC(C)C)NC(=O)[C@H](Cc1ccccc1)NC(=O)Nc1ccc(C)c(C)c1. The molecule has 0 aliphatic carbocycles. The number of esters is 1. The average molecular weight is 847 g/mol. The van der Waals surface area contributed by atoms with Crippen LogP contribution in [0.4, 0.5) is 10.5 Å². The van der Waals surface area contributed by atoms with Gasteiger partial charge in [-0.1, -0.05) is 125 Å². The first-order chi connectivity index (χ1) is 29.6. The summed E-state index contributed by atoms with van der Waals surface area (Å²) in [5, 5.41) is 17.0. The van der Waals surface area contributed by atoms with Gasteiger partial charge in [0.25, 0.3) is 0 Å². The first kappa shape index (κ1) is 48.2. The summed E-state index contributed by atoms with van der Waals surface area (Å²) in [6.07, 6.45) is 0.854. The predicted octanol–water partition coefficient (Wildman–Crippen LogP) is 5.73. The van der Waals surface area contributed by atoms with Crippen molar-refractivity contribution < 1.29 is 33.5 Å². The minimum absolute atomic E-state index is 0.0370. The van der Waals surface area contributed by atoms with Gasteiger partial charge in [-0.25, -0.2) is 9.59 Å². The minimum Gasteiger partial charge on any atom is -0.467 e. The Kier molecular flexibility index (Phi) is 18.7. The molecule has 13 heteroatoms. The Labute approximate surface area is 365 Å². The fraction of sp³-hybridized carbons (Fsp3) is 0.388. The van der Waals surface area contributed by atoms with Gasteiger partial charge in [-0.2, -0.15) is 0 Å². The molecule has 4 rings (SSSR count). The maximum Gasteiger partial charge on any atom is 0.328 e. The molecule has 0 aliphatic heterocycles. The zero-order valence-corrected chi connectivity index (χ0v) is 36.8. The third-order valence-electron chi connectivity index (χ3n) is 10.3. The Morgan fingerprint density at radius 3 is 1.24 bits per heavy atom. The number of hydrogen-bond acceptors (Lipinski definition) is 7. The van der Waals surface area contributed by atoms with Crippen molar-refractivity contribution in [3.63, 3.8) is 0 Å². The number of urea groups is 1. The van der Waals surface area contributed by atoms with E-state index in [9.17, 15) is 28.8 Å². The molecule has 62 heavy (non-hydrogen) atoms. The maximum atomic E-state index is 14.3. The Hall–Kier alpha value is -6.50. The van der Waals surface area contributed by atoms with Gasteiger partial charge < -0.3 is 36.6 Å². The molecule has 6 N–H and O–H groups in total. The highest BCUT2D eigenvalue weighted by atomic mass is 16.5. The van der Waals surface area contributed by atoms with Crippen LogP contribution >= 0.6 is 0 Å². The normalized spacial score (nSPS) is 13.4. The van der Waals surface area contributed by atoms with Gasteiger partial charge in [0.1, 0.15) is 30.2 Å². The maximum absolute atomic E-state index is 14.3. The van der Waals surface area contributed by atoms with Gasteiger partial charge in [-0.15, -0.1) is 0 Å². The minimum atomic E-state index is -1.17. The standard InChI is InChI=1S/C49H62N6O7/c1-31(2)25-39(52-47(59)42(29-36-19-13-9-14-20-36)55-49(61)50-38-24-23-33(5)34(6)27-38)44(56)53-41(28-35-17-11-8-12-18-35)46(58)51-40(26-32(3)4)45(57)54-43(48(60)62-7)30-37-21-15-10-16-22-37/h8-24,27,31-32,39-43H,25-26,28-30H2,1-7H3,(H,51,58)(H,52,59)(H,53,56)(H,54,57)(H2,50,55,61)/t39-,40-,41-,42-,43-/m0/s1. The van der Waals surface area contributed by atoms with E-state index in [-0.39, 0.29) is 43.9 Å². The number of hydrogen-bond donors (Lipinski definition) is 6. The van der Waals surface area contributed by atoms with Gasteiger partial charge in [0.2, 0.25) is 23.6 Å². The smallest absolute Gasteiger partial charge is 0.328 e. The van der Waals surface area contributed by atoms with Crippen molar-refractivity contribution in [2.75, 3.05) is 12.4 Å². The number of carbonyl (C=O) groups is 6. The largest absolute Gasteiger partial charge is 0.467 e. The van der Waals surface area contributed by atoms with Crippen LogP contribution in [0.15, 0.2) is 109 Å². The van der Waals surface area contributed by atoms with Gasteiger partial charge in [0.15, 0.2) is 0 Å². The first-order valence-corrected chi connectivity index (χ1v) is 21.2. The number of anilines is 1. The van der Waals surface area contributed by atoms with Gasteiger partial charge in [-0.05, 0) is 78.5 Å². The molecule has 0 bridgehead atoms. The van der Waals surface area contributed by atoms with Crippen molar-refractivity contribution in [1.29, 1.82) is 0 Å². The number of amides is 6. The van der Waals surface area contributed by atoms with Crippen LogP contribution in [0.2, 0.25) is 0 Å². The average Bonchev–Trinajstić information content (AvgIpc) is 3.24. The molecule has 5 atom stereocenters. The molecule has 0 fully saturated rings. The van der Waals surface area contributed by atoms with E-state index in [4.69, 9.17) is 4.74 Å². The second kappa shape index (κ2) is 24.1. The van der Waals surface area contributed by atoms with E-state index in [1.807, 2.05) is 145 Å². The molecule has 0 radical (unpaired) electrons. The monoisotopic (exact) mass is 846 g/mol. The molecule has 0 heterocycles. The van der Waals surface area contributed by atoms with Crippen molar-refractivity contribution >= 4 is 41.3 Å². The van der Waals surface area contributed by atoms with E-state index in [0.29, 0.717) is 5.69 Å². The summed E-state index contributed by atoms with van der Waals surface area (Å²) in [4.78, 5) is 82.8. The topological polar surface area (TPSA) is 184 Å². The molecule has 330 valence electrons. The van der Waals surface area contributed by atoms with Gasteiger partial charge in [0, 0.05) is 24.9 Å². The van der Waals surface area contributed by atoms with Crippen LogP contribution in [0.25, 0.3) is 0 Å². The molecule has 0 spiro atoms. The van der Waals surface area contributed by atoms with E-state index in [1.165, 1.54) is 7.11 Å². The van der Waals surface area contributed by atoms with E-state index < -0.39 is 65.8 Å². The zero-order valence-electron chi connectivity index (χ0n) is 36.8. The van der Waals surface area contributed by atoms with Crippen LogP contribution in [0.3, 0.4) is 0 Å². The molecule has 6 amide bonds. The van der Waals surface area contributed by atoms with Gasteiger partial charge in [0.05, 0.1) is 7.11 Å². The van der Waals surface area contributed by atoms with Crippen LogP contribution in [0.5, 0.6) is 0 Å². The number of methoxy groups -OCH3 is 1.